The SMILES string of the molecule is CCC(C)(C)Nc1nc(OC[C@@]23CC(C)CN2C[C@H](F)C3)nc2c(F)c(Cl)ncc12. The molecule has 0 aliphatic carbocycles. The summed E-state index contributed by atoms with van der Waals surface area (Å²) in [6, 6.07) is 0.0502. The third-order valence-electron chi connectivity index (χ3n) is 6.38. The molecule has 4 heterocycles. The van der Waals surface area contributed by atoms with Crippen LogP contribution in [-0.4, -0.2) is 56.8 Å². The van der Waals surface area contributed by atoms with Crippen molar-refractivity contribution < 1.29 is 13.5 Å². The monoisotopic (exact) mass is 439 g/mol. The molecule has 2 saturated heterocycles. The second-order valence-electron chi connectivity index (χ2n) is 9.37. The van der Waals surface area contributed by atoms with Crippen molar-refractivity contribution in [3.63, 3.8) is 0 Å². The van der Waals surface area contributed by atoms with Gasteiger partial charge in [0, 0.05) is 31.2 Å². The highest BCUT2D eigenvalue weighted by Gasteiger charge is 2.51. The van der Waals surface area contributed by atoms with Crippen LogP contribution in [0.4, 0.5) is 14.6 Å². The first kappa shape index (κ1) is 21.4. The molecule has 1 N–H and O–H groups in total. The summed E-state index contributed by atoms with van der Waals surface area (Å²) in [5, 5.41) is 3.52. The van der Waals surface area contributed by atoms with E-state index in [1.165, 1.54) is 6.20 Å². The number of aromatic nitrogens is 3. The molecule has 0 aromatic carbocycles. The lowest BCUT2D eigenvalue weighted by Crippen LogP contribution is -2.43. The smallest absolute Gasteiger partial charge is 0.319 e. The number of fused-ring (bicyclic) bond motifs is 2. The third kappa shape index (κ3) is 3.91. The van der Waals surface area contributed by atoms with Crippen LogP contribution in [0, 0.1) is 11.7 Å². The van der Waals surface area contributed by atoms with Crippen molar-refractivity contribution in [3.05, 3.63) is 17.2 Å². The molecule has 3 atom stereocenters. The van der Waals surface area contributed by atoms with Gasteiger partial charge < -0.3 is 10.1 Å². The minimum Gasteiger partial charge on any atom is -0.461 e. The Morgan fingerprint density at radius 3 is 2.83 bits per heavy atom. The van der Waals surface area contributed by atoms with Crippen molar-refractivity contribution in [2.45, 2.75) is 64.2 Å². The van der Waals surface area contributed by atoms with Crippen LogP contribution < -0.4 is 10.1 Å². The van der Waals surface area contributed by atoms with Gasteiger partial charge in [0.2, 0.25) is 0 Å². The van der Waals surface area contributed by atoms with E-state index in [0.29, 0.717) is 30.1 Å². The van der Waals surface area contributed by atoms with Gasteiger partial charge in [-0.05, 0) is 32.6 Å². The maximum atomic E-state index is 14.7. The first-order valence-corrected chi connectivity index (χ1v) is 10.8. The number of ether oxygens (including phenoxy) is 1. The highest BCUT2D eigenvalue weighted by Crippen LogP contribution is 2.42. The van der Waals surface area contributed by atoms with Gasteiger partial charge in [-0.3, -0.25) is 4.90 Å². The maximum Gasteiger partial charge on any atom is 0.319 e. The molecule has 0 bridgehead atoms. The summed E-state index contributed by atoms with van der Waals surface area (Å²) in [5.41, 5.74) is -0.585. The lowest BCUT2D eigenvalue weighted by molar-refractivity contribution is 0.107. The Kier molecular flexibility index (Phi) is 5.51. The largest absolute Gasteiger partial charge is 0.461 e. The molecule has 30 heavy (non-hydrogen) atoms. The third-order valence-corrected chi connectivity index (χ3v) is 6.65. The summed E-state index contributed by atoms with van der Waals surface area (Å²) in [4.78, 5) is 14.9. The summed E-state index contributed by atoms with van der Waals surface area (Å²) >= 11 is 5.88. The summed E-state index contributed by atoms with van der Waals surface area (Å²) in [6.45, 7) is 9.82. The minimum absolute atomic E-state index is 0.0502. The van der Waals surface area contributed by atoms with Gasteiger partial charge in [0.05, 0.1) is 10.9 Å². The quantitative estimate of drug-likeness (QED) is 0.662. The number of rotatable bonds is 6. The molecular formula is C21H28ClF2N5O. The molecule has 0 amide bonds. The predicted octanol–water partition coefficient (Wildman–Crippen LogP) is 4.62. The fourth-order valence-corrected chi connectivity index (χ4v) is 4.74. The number of pyridine rings is 1. The molecule has 0 spiro atoms. The van der Waals surface area contributed by atoms with Crippen molar-refractivity contribution in [2.24, 2.45) is 5.92 Å². The average Bonchev–Trinajstić information content (AvgIpc) is 3.13. The lowest BCUT2D eigenvalue weighted by Gasteiger charge is -2.31. The summed E-state index contributed by atoms with van der Waals surface area (Å²) in [5.74, 6) is 0.204. The van der Waals surface area contributed by atoms with E-state index in [4.69, 9.17) is 16.3 Å². The van der Waals surface area contributed by atoms with Gasteiger partial charge in [0.15, 0.2) is 11.0 Å². The van der Waals surface area contributed by atoms with E-state index in [9.17, 15) is 8.78 Å². The van der Waals surface area contributed by atoms with Crippen molar-refractivity contribution in [2.75, 3.05) is 25.0 Å². The van der Waals surface area contributed by atoms with E-state index in [1.54, 1.807) is 0 Å². The first-order valence-electron chi connectivity index (χ1n) is 10.4. The van der Waals surface area contributed by atoms with Gasteiger partial charge in [-0.25, -0.2) is 13.8 Å². The standard InChI is InChI=1S/C21H28ClF2N5O/c1-5-20(3,4)28-18-14-8-25-17(22)15(24)16(14)26-19(27-18)30-11-21-6-12(2)9-29(21)10-13(23)7-21/h8,12-13H,5-7,9-11H2,1-4H3,(H,26,27,28)/t12?,13-,21+/m1/s1. The molecule has 0 radical (unpaired) electrons. The van der Waals surface area contributed by atoms with Gasteiger partial charge in [0.25, 0.3) is 0 Å². The highest BCUT2D eigenvalue weighted by atomic mass is 35.5. The van der Waals surface area contributed by atoms with E-state index < -0.39 is 12.0 Å². The Bertz CT molecular complexity index is 943. The van der Waals surface area contributed by atoms with Crippen LogP contribution in [0.15, 0.2) is 6.20 Å². The molecule has 2 aliphatic rings. The summed E-state index contributed by atoms with van der Waals surface area (Å²) in [6.07, 6.45) is 2.72. The van der Waals surface area contributed by atoms with Gasteiger partial charge >= 0.3 is 6.01 Å². The molecular weight excluding hydrogens is 412 g/mol. The van der Waals surface area contributed by atoms with Crippen LogP contribution in [0.5, 0.6) is 6.01 Å². The number of halogens is 3. The van der Waals surface area contributed by atoms with Gasteiger partial charge in [-0.2, -0.15) is 9.97 Å². The molecule has 2 fully saturated rings. The van der Waals surface area contributed by atoms with E-state index in [-0.39, 0.29) is 34.4 Å². The van der Waals surface area contributed by atoms with Crippen molar-refractivity contribution in [1.29, 1.82) is 0 Å². The van der Waals surface area contributed by atoms with Crippen LogP contribution in [0.3, 0.4) is 0 Å². The van der Waals surface area contributed by atoms with Crippen molar-refractivity contribution in [3.8, 4) is 6.01 Å². The Balaban J connectivity index is 1.68. The number of alkyl halides is 1. The topological polar surface area (TPSA) is 63.2 Å². The molecule has 2 aromatic rings. The Morgan fingerprint density at radius 2 is 2.10 bits per heavy atom. The Labute approximate surface area is 180 Å². The number of hydrogen-bond acceptors (Lipinski definition) is 6. The first-order chi connectivity index (χ1) is 14.1. The molecule has 9 heteroatoms. The predicted molar refractivity (Wildman–Crippen MR) is 113 cm³/mol. The number of anilines is 1. The van der Waals surface area contributed by atoms with Gasteiger partial charge in [-0.1, -0.05) is 25.4 Å². The van der Waals surface area contributed by atoms with Crippen LogP contribution in [-0.2, 0) is 0 Å². The zero-order chi connectivity index (χ0) is 21.7. The fraction of sp³-hybridized carbons (Fsp3) is 0.667. The highest BCUT2D eigenvalue weighted by molar-refractivity contribution is 6.30. The molecule has 1 unspecified atom stereocenters. The van der Waals surface area contributed by atoms with Crippen LogP contribution in [0.25, 0.3) is 10.9 Å². The van der Waals surface area contributed by atoms with E-state index in [0.717, 1.165) is 19.4 Å². The molecule has 0 saturated carbocycles. The van der Waals surface area contributed by atoms with Crippen LogP contribution >= 0.6 is 11.6 Å². The molecule has 4 rings (SSSR count). The van der Waals surface area contributed by atoms with E-state index in [1.807, 2.05) is 20.8 Å². The normalized spacial score (nSPS) is 26.9. The van der Waals surface area contributed by atoms with E-state index in [2.05, 4.69) is 32.1 Å². The zero-order valence-electron chi connectivity index (χ0n) is 17.8. The number of hydrogen-bond donors (Lipinski definition) is 1. The summed E-state index contributed by atoms with van der Waals surface area (Å²) in [7, 11) is 0. The Morgan fingerprint density at radius 1 is 1.33 bits per heavy atom. The van der Waals surface area contributed by atoms with Crippen molar-refractivity contribution >= 4 is 28.3 Å². The van der Waals surface area contributed by atoms with E-state index >= 15 is 0 Å². The Hall–Kier alpha value is -1.80. The second kappa shape index (κ2) is 7.71. The number of nitrogens with one attached hydrogen (secondary N) is 1. The molecule has 164 valence electrons. The van der Waals surface area contributed by atoms with Gasteiger partial charge in [0.1, 0.15) is 24.1 Å². The minimum atomic E-state index is -0.858. The molecule has 6 nitrogen and oxygen atoms in total. The maximum absolute atomic E-state index is 14.7. The van der Waals surface area contributed by atoms with Crippen LogP contribution in [0.1, 0.15) is 47.0 Å². The second-order valence-corrected chi connectivity index (χ2v) is 9.73. The molecule has 2 aliphatic heterocycles. The zero-order valence-corrected chi connectivity index (χ0v) is 18.6. The average molecular weight is 440 g/mol. The van der Waals surface area contributed by atoms with Crippen molar-refractivity contribution in [1.82, 2.24) is 19.9 Å². The van der Waals surface area contributed by atoms with Gasteiger partial charge in [-0.15, -0.1) is 0 Å². The lowest BCUT2D eigenvalue weighted by atomic mass is 9.91. The molecule has 2 aromatic heterocycles. The number of nitrogens with zero attached hydrogens (tertiary/aromatic N) is 4. The summed E-state index contributed by atoms with van der Waals surface area (Å²) < 4.78 is 34.8. The fourth-order valence-electron chi connectivity index (χ4n) is 4.60. The van der Waals surface area contributed by atoms with Crippen LogP contribution in [0.2, 0.25) is 5.15 Å².